The standard InChI is InChI=1S/C18H24N2O/c1-3-4-12-17(19)18(21)20-13(2)15-11-7-9-14-8-5-6-10-16(14)15/h5-11,13,17H,3-4,12,19H2,1-2H3,(H,20,21)/t13?,17-/m0/s1. The minimum atomic E-state index is -0.414. The predicted octanol–water partition coefficient (Wildman–Crippen LogP) is 3.53. The Bertz CT molecular complexity index is 604. The first-order valence-electron chi connectivity index (χ1n) is 7.67. The van der Waals surface area contributed by atoms with Crippen LogP contribution in [0.3, 0.4) is 0 Å². The summed E-state index contributed by atoms with van der Waals surface area (Å²) >= 11 is 0. The molecular formula is C18H24N2O. The minimum absolute atomic E-state index is 0.0451. The fourth-order valence-corrected chi connectivity index (χ4v) is 2.58. The van der Waals surface area contributed by atoms with Crippen LogP contribution in [0.5, 0.6) is 0 Å². The number of carbonyl (C=O) groups excluding carboxylic acids is 1. The van der Waals surface area contributed by atoms with Crippen LogP contribution in [-0.2, 0) is 4.79 Å². The number of hydrogen-bond donors (Lipinski definition) is 2. The predicted molar refractivity (Wildman–Crippen MR) is 88.0 cm³/mol. The van der Waals surface area contributed by atoms with Crippen molar-refractivity contribution >= 4 is 16.7 Å². The molecule has 2 aromatic carbocycles. The number of amides is 1. The van der Waals surface area contributed by atoms with E-state index in [1.54, 1.807) is 0 Å². The number of carbonyl (C=O) groups is 1. The molecule has 1 unspecified atom stereocenters. The van der Waals surface area contributed by atoms with Crippen molar-refractivity contribution in [2.75, 3.05) is 0 Å². The number of fused-ring (bicyclic) bond motifs is 1. The minimum Gasteiger partial charge on any atom is -0.348 e. The fourth-order valence-electron chi connectivity index (χ4n) is 2.58. The van der Waals surface area contributed by atoms with Crippen molar-refractivity contribution < 1.29 is 4.79 Å². The molecule has 0 aliphatic carbocycles. The van der Waals surface area contributed by atoms with Crippen LogP contribution >= 0.6 is 0 Å². The summed E-state index contributed by atoms with van der Waals surface area (Å²) < 4.78 is 0. The van der Waals surface area contributed by atoms with Crippen LogP contribution in [-0.4, -0.2) is 11.9 Å². The van der Waals surface area contributed by atoms with Gasteiger partial charge in [-0.1, -0.05) is 62.2 Å². The Morgan fingerprint density at radius 2 is 1.90 bits per heavy atom. The summed E-state index contributed by atoms with van der Waals surface area (Å²) in [4.78, 5) is 12.1. The van der Waals surface area contributed by atoms with Crippen molar-refractivity contribution in [2.45, 2.75) is 45.2 Å². The molecular weight excluding hydrogens is 260 g/mol. The molecule has 1 amide bonds. The van der Waals surface area contributed by atoms with Gasteiger partial charge in [0.15, 0.2) is 0 Å². The molecule has 0 aromatic heterocycles. The second kappa shape index (κ2) is 7.23. The average Bonchev–Trinajstić information content (AvgIpc) is 2.51. The van der Waals surface area contributed by atoms with Crippen molar-refractivity contribution in [3.63, 3.8) is 0 Å². The lowest BCUT2D eigenvalue weighted by atomic mass is 9.99. The zero-order valence-corrected chi connectivity index (χ0v) is 12.8. The van der Waals surface area contributed by atoms with Crippen molar-refractivity contribution in [2.24, 2.45) is 5.73 Å². The molecule has 3 heteroatoms. The Labute approximate surface area is 126 Å². The van der Waals surface area contributed by atoms with Crippen LogP contribution in [0.4, 0.5) is 0 Å². The van der Waals surface area contributed by atoms with Crippen LogP contribution in [0.1, 0.15) is 44.7 Å². The first kappa shape index (κ1) is 15.5. The van der Waals surface area contributed by atoms with Gasteiger partial charge in [-0.15, -0.1) is 0 Å². The van der Waals surface area contributed by atoms with E-state index in [2.05, 4.69) is 36.5 Å². The Morgan fingerprint density at radius 1 is 1.19 bits per heavy atom. The molecule has 3 nitrogen and oxygen atoms in total. The highest BCUT2D eigenvalue weighted by Crippen LogP contribution is 2.24. The summed E-state index contributed by atoms with van der Waals surface area (Å²) in [7, 11) is 0. The quantitative estimate of drug-likeness (QED) is 0.852. The number of rotatable bonds is 6. The van der Waals surface area contributed by atoms with E-state index in [9.17, 15) is 4.79 Å². The number of hydrogen-bond acceptors (Lipinski definition) is 2. The van der Waals surface area contributed by atoms with E-state index >= 15 is 0 Å². The summed E-state index contributed by atoms with van der Waals surface area (Å²) in [6.07, 6.45) is 2.78. The van der Waals surface area contributed by atoms with Crippen molar-refractivity contribution in [1.29, 1.82) is 0 Å². The number of nitrogens with two attached hydrogens (primary N) is 1. The lowest BCUT2D eigenvalue weighted by molar-refractivity contribution is -0.123. The van der Waals surface area contributed by atoms with Crippen molar-refractivity contribution in [3.8, 4) is 0 Å². The Kier molecular flexibility index (Phi) is 5.34. The van der Waals surface area contributed by atoms with Gasteiger partial charge in [0.2, 0.25) is 5.91 Å². The van der Waals surface area contributed by atoms with Gasteiger partial charge < -0.3 is 11.1 Å². The Morgan fingerprint density at radius 3 is 2.67 bits per heavy atom. The van der Waals surface area contributed by atoms with Crippen LogP contribution in [0.2, 0.25) is 0 Å². The summed E-state index contributed by atoms with van der Waals surface area (Å²) in [5, 5.41) is 5.40. The van der Waals surface area contributed by atoms with E-state index < -0.39 is 6.04 Å². The van der Waals surface area contributed by atoms with Gasteiger partial charge in [0.05, 0.1) is 12.1 Å². The summed E-state index contributed by atoms with van der Waals surface area (Å²) in [5.41, 5.74) is 7.06. The van der Waals surface area contributed by atoms with Gasteiger partial charge in [-0.25, -0.2) is 0 Å². The molecule has 0 heterocycles. The topological polar surface area (TPSA) is 55.1 Å². The molecule has 0 fully saturated rings. The van der Waals surface area contributed by atoms with Crippen LogP contribution < -0.4 is 11.1 Å². The molecule has 0 aliphatic heterocycles. The second-order valence-corrected chi connectivity index (χ2v) is 5.55. The van der Waals surface area contributed by atoms with Crippen LogP contribution in [0.15, 0.2) is 42.5 Å². The third kappa shape index (κ3) is 3.82. The van der Waals surface area contributed by atoms with E-state index in [0.717, 1.165) is 24.8 Å². The van der Waals surface area contributed by atoms with E-state index in [1.165, 1.54) is 10.8 Å². The van der Waals surface area contributed by atoms with Gasteiger partial charge in [-0.3, -0.25) is 4.79 Å². The highest BCUT2D eigenvalue weighted by Gasteiger charge is 2.17. The average molecular weight is 284 g/mol. The van der Waals surface area contributed by atoms with Crippen molar-refractivity contribution in [1.82, 2.24) is 5.32 Å². The molecule has 2 aromatic rings. The summed E-state index contributed by atoms with van der Waals surface area (Å²) in [5.74, 6) is -0.0658. The number of benzene rings is 2. The molecule has 3 N–H and O–H groups in total. The Hall–Kier alpha value is -1.87. The molecule has 0 radical (unpaired) electrons. The van der Waals surface area contributed by atoms with Crippen LogP contribution in [0, 0.1) is 0 Å². The third-order valence-electron chi connectivity index (χ3n) is 3.85. The lowest BCUT2D eigenvalue weighted by Crippen LogP contribution is -2.41. The monoisotopic (exact) mass is 284 g/mol. The van der Waals surface area contributed by atoms with Gasteiger partial charge in [0, 0.05) is 0 Å². The smallest absolute Gasteiger partial charge is 0.237 e. The zero-order chi connectivity index (χ0) is 15.2. The molecule has 0 aliphatic rings. The Balaban J connectivity index is 2.12. The second-order valence-electron chi connectivity index (χ2n) is 5.55. The van der Waals surface area contributed by atoms with E-state index in [0.29, 0.717) is 0 Å². The highest BCUT2D eigenvalue weighted by atomic mass is 16.2. The van der Waals surface area contributed by atoms with E-state index in [-0.39, 0.29) is 11.9 Å². The van der Waals surface area contributed by atoms with Gasteiger partial charge in [-0.2, -0.15) is 0 Å². The van der Waals surface area contributed by atoms with Gasteiger partial charge >= 0.3 is 0 Å². The maximum atomic E-state index is 12.1. The third-order valence-corrected chi connectivity index (χ3v) is 3.85. The van der Waals surface area contributed by atoms with E-state index in [4.69, 9.17) is 5.73 Å². The fraction of sp³-hybridized carbons (Fsp3) is 0.389. The van der Waals surface area contributed by atoms with Crippen LogP contribution in [0.25, 0.3) is 10.8 Å². The number of unbranched alkanes of at least 4 members (excludes halogenated alkanes) is 1. The molecule has 0 spiro atoms. The largest absolute Gasteiger partial charge is 0.348 e. The lowest BCUT2D eigenvalue weighted by Gasteiger charge is -2.19. The highest BCUT2D eigenvalue weighted by molar-refractivity contribution is 5.87. The molecule has 2 atom stereocenters. The summed E-state index contributed by atoms with van der Waals surface area (Å²) in [6, 6.07) is 13.9. The first-order valence-corrected chi connectivity index (χ1v) is 7.67. The van der Waals surface area contributed by atoms with Gasteiger partial charge in [0.1, 0.15) is 0 Å². The molecule has 0 saturated heterocycles. The molecule has 21 heavy (non-hydrogen) atoms. The van der Waals surface area contributed by atoms with Crippen molar-refractivity contribution in [3.05, 3.63) is 48.0 Å². The zero-order valence-electron chi connectivity index (χ0n) is 12.8. The molecule has 0 bridgehead atoms. The van der Waals surface area contributed by atoms with Gasteiger partial charge in [-0.05, 0) is 29.7 Å². The summed E-state index contributed by atoms with van der Waals surface area (Å²) in [6.45, 7) is 4.11. The first-order chi connectivity index (χ1) is 10.1. The molecule has 2 rings (SSSR count). The maximum Gasteiger partial charge on any atom is 0.237 e. The molecule has 0 saturated carbocycles. The molecule has 112 valence electrons. The van der Waals surface area contributed by atoms with Gasteiger partial charge in [0.25, 0.3) is 0 Å². The SMILES string of the molecule is CCCC[C@H](N)C(=O)NC(C)c1cccc2ccccc12. The number of nitrogens with one attached hydrogen (secondary N) is 1. The maximum absolute atomic E-state index is 12.1. The normalized spacial score (nSPS) is 13.9. The van der Waals surface area contributed by atoms with E-state index in [1.807, 2.05) is 25.1 Å².